The van der Waals surface area contributed by atoms with Crippen molar-refractivity contribution >= 4 is 17.2 Å². The van der Waals surface area contributed by atoms with Gasteiger partial charge in [-0.15, -0.1) is 11.3 Å². The second-order valence-electron chi connectivity index (χ2n) is 4.92. The maximum atomic E-state index is 12.4. The van der Waals surface area contributed by atoms with E-state index in [2.05, 4.69) is 12.2 Å². The fourth-order valence-corrected chi connectivity index (χ4v) is 3.33. The molecule has 1 aliphatic rings. The molecule has 0 aliphatic carbocycles. The van der Waals surface area contributed by atoms with Gasteiger partial charge in [0, 0.05) is 19.1 Å². The zero-order chi connectivity index (χ0) is 13.0. The van der Waals surface area contributed by atoms with E-state index in [1.54, 1.807) is 11.3 Å². The Bertz CT molecular complexity index is 396. The molecule has 0 bridgehead atoms. The number of hydrogen-bond acceptors (Lipinski definition) is 3. The first-order valence-corrected chi connectivity index (χ1v) is 7.67. The van der Waals surface area contributed by atoms with Gasteiger partial charge in [-0.25, -0.2) is 0 Å². The van der Waals surface area contributed by atoms with E-state index in [0.29, 0.717) is 6.04 Å². The van der Waals surface area contributed by atoms with Gasteiger partial charge < -0.3 is 10.2 Å². The van der Waals surface area contributed by atoms with Crippen LogP contribution in [0, 0.1) is 6.92 Å². The summed E-state index contributed by atoms with van der Waals surface area (Å²) in [7, 11) is 0. The van der Waals surface area contributed by atoms with Crippen molar-refractivity contribution in [3.8, 4) is 0 Å². The lowest BCUT2D eigenvalue weighted by molar-refractivity contribution is 0.0745. The molecule has 0 aromatic carbocycles. The zero-order valence-electron chi connectivity index (χ0n) is 11.2. The normalized spacial score (nSPS) is 19.8. The van der Waals surface area contributed by atoms with Crippen molar-refractivity contribution in [3.63, 3.8) is 0 Å². The Kier molecular flexibility index (Phi) is 4.78. The molecule has 2 rings (SSSR count). The molecule has 1 aliphatic heterocycles. The number of rotatable bonds is 4. The number of nitrogens with zero attached hydrogens (tertiary/aromatic N) is 1. The number of aryl methyl sites for hydroxylation is 1. The lowest BCUT2D eigenvalue weighted by atomic mass is 10.0. The van der Waals surface area contributed by atoms with E-state index in [-0.39, 0.29) is 5.91 Å². The number of amides is 1. The lowest BCUT2D eigenvalue weighted by Gasteiger charge is -2.29. The molecule has 0 saturated carbocycles. The van der Waals surface area contributed by atoms with Gasteiger partial charge in [0.1, 0.15) is 0 Å². The number of thiophene rings is 1. The highest BCUT2D eigenvalue weighted by atomic mass is 32.1. The summed E-state index contributed by atoms with van der Waals surface area (Å²) in [6.45, 7) is 6.79. The van der Waals surface area contributed by atoms with Crippen LogP contribution in [0.3, 0.4) is 0 Å². The van der Waals surface area contributed by atoms with Crippen LogP contribution < -0.4 is 5.32 Å². The third-order valence-electron chi connectivity index (χ3n) is 3.58. The average Bonchev–Trinajstić information content (AvgIpc) is 2.82. The minimum absolute atomic E-state index is 0.192. The standard InChI is InChI=1S/C14H22N2OS/c1-3-16(10-12-6-4-5-8-15-12)14(17)13-11(2)7-9-18-13/h7,9,12,15H,3-6,8,10H2,1-2H3. The Labute approximate surface area is 113 Å². The van der Waals surface area contributed by atoms with Crippen LogP contribution in [0.5, 0.6) is 0 Å². The van der Waals surface area contributed by atoms with Gasteiger partial charge in [-0.05, 0) is 50.2 Å². The number of nitrogens with one attached hydrogen (secondary N) is 1. The Morgan fingerprint density at radius 1 is 1.56 bits per heavy atom. The first-order chi connectivity index (χ1) is 8.72. The molecule has 3 nitrogen and oxygen atoms in total. The Balaban J connectivity index is 1.99. The van der Waals surface area contributed by atoms with E-state index < -0.39 is 0 Å². The molecule has 1 amide bonds. The SMILES string of the molecule is CCN(CC1CCCCN1)C(=O)c1sccc1C. The number of carbonyl (C=O) groups excluding carboxylic acids is 1. The van der Waals surface area contributed by atoms with E-state index in [1.807, 2.05) is 23.3 Å². The van der Waals surface area contributed by atoms with Gasteiger partial charge in [-0.3, -0.25) is 4.79 Å². The summed E-state index contributed by atoms with van der Waals surface area (Å²) in [5.74, 6) is 0.192. The highest BCUT2D eigenvalue weighted by Crippen LogP contribution is 2.19. The van der Waals surface area contributed by atoms with Gasteiger partial charge in [-0.2, -0.15) is 0 Å². The first-order valence-electron chi connectivity index (χ1n) is 6.79. The van der Waals surface area contributed by atoms with Gasteiger partial charge in [0.2, 0.25) is 0 Å². The smallest absolute Gasteiger partial charge is 0.264 e. The molecule has 0 spiro atoms. The quantitative estimate of drug-likeness (QED) is 0.908. The Hall–Kier alpha value is -0.870. The molecule has 1 fully saturated rings. The highest BCUT2D eigenvalue weighted by Gasteiger charge is 2.22. The van der Waals surface area contributed by atoms with Crippen molar-refractivity contribution in [2.24, 2.45) is 0 Å². The minimum atomic E-state index is 0.192. The molecular weight excluding hydrogens is 244 g/mol. The minimum Gasteiger partial charge on any atom is -0.337 e. The fourth-order valence-electron chi connectivity index (χ4n) is 2.44. The number of piperidine rings is 1. The van der Waals surface area contributed by atoms with Crippen molar-refractivity contribution < 1.29 is 4.79 Å². The number of hydrogen-bond donors (Lipinski definition) is 1. The summed E-state index contributed by atoms with van der Waals surface area (Å²) in [5, 5.41) is 5.50. The molecule has 1 unspecified atom stereocenters. The third kappa shape index (κ3) is 3.12. The van der Waals surface area contributed by atoms with Crippen LogP contribution in [0.25, 0.3) is 0 Å². The van der Waals surface area contributed by atoms with Gasteiger partial charge >= 0.3 is 0 Å². The summed E-state index contributed by atoms with van der Waals surface area (Å²) < 4.78 is 0. The zero-order valence-corrected chi connectivity index (χ0v) is 12.1. The maximum absolute atomic E-state index is 12.4. The fraction of sp³-hybridized carbons (Fsp3) is 0.643. The van der Waals surface area contributed by atoms with E-state index in [1.165, 1.54) is 19.3 Å². The second-order valence-corrected chi connectivity index (χ2v) is 5.84. The van der Waals surface area contributed by atoms with Crippen molar-refractivity contribution in [1.29, 1.82) is 0 Å². The summed E-state index contributed by atoms with van der Waals surface area (Å²) in [5.41, 5.74) is 1.10. The molecule has 1 atom stereocenters. The van der Waals surface area contributed by atoms with Gasteiger partial charge in [0.25, 0.3) is 5.91 Å². The van der Waals surface area contributed by atoms with Crippen LogP contribution >= 0.6 is 11.3 Å². The highest BCUT2D eigenvalue weighted by molar-refractivity contribution is 7.12. The topological polar surface area (TPSA) is 32.3 Å². The second kappa shape index (κ2) is 6.34. The molecule has 1 aromatic heterocycles. The third-order valence-corrected chi connectivity index (χ3v) is 4.58. The van der Waals surface area contributed by atoms with Crippen LogP contribution in [0.1, 0.15) is 41.4 Å². The lowest BCUT2D eigenvalue weighted by Crippen LogP contribution is -2.45. The molecule has 4 heteroatoms. The maximum Gasteiger partial charge on any atom is 0.264 e. The van der Waals surface area contributed by atoms with Crippen LogP contribution in [0.2, 0.25) is 0 Å². The van der Waals surface area contributed by atoms with Gasteiger partial charge in [0.05, 0.1) is 4.88 Å². The van der Waals surface area contributed by atoms with Gasteiger partial charge in [0.15, 0.2) is 0 Å². The molecule has 18 heavy (non-hydrogen) atoms. The van der Waals surface area contributed by atoms with Gasteiger partial charge in [-0.1, -0.05) is 6.42 Å². The molecule has 1 N–H and O–H groups in total. The van der Waals surface area contributed by atoms with E-state index in [0.717, 1.165) is 30.1 Å². The van der Waals surface area contributed by atoms with Crippen molar-refractivity contribution in [2.75, 3.05) is 19.6 Å². The number of likely N-dealkylation sites (N-methyl/N-ethyl adjacent to an activating group) is 1. The Morgan fingerprint density at radius 2 is 2.39 bits per heavy atom. The van der Waals surface area contributed by atoms with Crippen molar-refractivity contribution in [3.05, 3.63) is 21.9 Å². The monoisotopic (exact) mass is 266 g/mol. The molecule has 0 radical (unpaired) electrons. The molecule has 2 heterocycles. The predicted octanol–water partition coefficient (Wildman–Crippen LogP) is 2.66. The van der Waals surface area contributed by atoms with Crippen LogP contribution in [0.4, 0.5) is 0 Å². The van der Waals surface area contributed by atoms with Crippen molar-refractivity contribution in [1.82, 2.24) is 10.2 Å². The summed E-state index contributed by atoms with van der Waals surface area (Å²) in [4.78, 5) is 15.3. The largest absolute Gasteiger partial charge is 0.337 e. The summed E-state index contributed by atoms with van der Waals surface area (Å²) in [6, 6.07) is 2.49. The summed E-state index contributed by atoms with van der Waals surface area (Å²) >= 11 is 1.55. The Morgan fingerprint density at radius 3 is 2.94 bits per heavy atom. The van der Waals surface area contributed by atoms with Crippen molar-refractivity contribution in [2.45, 2.75) is 39.2 Å². The van der Waals surface area contributed by atoms with Crippen LogP contribution in [-0.2, 0) is 0 Å². The van der Waals surface area contributed by atoms with E-state index >= 15 is 0 Å². The van der Waals surface area contributed by atoms with Crippen LogP contribution in [0.15, 0.2) is 11.4 Å². The molecule has 1 saturated heterocycles. The molecular formula is C14H22N2OS. The number of carbonyl (C=O) groups is 1. The average molecular weight is 266 g/mol. The van der Waals surface area contributed by atoms with E-state index in [4.69, 9.17) is 0 Å². The predicted molar refractivity (Wildman–Crippen MR) is 76.3 cm³/mol. The molecule has 1 aromatic rings. The first kappa shape index (κ1) is 13.6. The molecule has 100 valence electrons. The van der Waals surface area contributed by atoms with E-state index in [9.17, 15) is 4.79 Å². The van der Waals surface area contributed by atoms with Crippen LogP contribution in [-0.4, -0.2) is 36.5 Å². The summed E-state index contributed by atoms with van der Waals surface area (Å²) in [6.07, 6.45) is 3.73.